The molecule has 0 fully saturated rings. The highest BCUT2D eigenvalue weighted by Gasteiger charge is 2.42. The molecule has 0 saturated heterocycles. The monoisotopic (exact) mass is 230 g/mol. The van der Waals surface area contributed by atoms with Gasteiger partial charge in [0.1, 0.15) is 0 Å². The standard InChI is InChI=1S/C12H26N2O2/c1-9(8-16-7)14(6)10(15)11(2,3)12(4,5)13/h9H,8,13H2,1-7H3. The molecule has 0 aliphatic rings. The number of carbonyl (C=O) groups excluding carboxylic acids is 1. The Bertz CT molecular complexity index is 244. The molecule has 1 amide bonds. The first-order chi connectivity index (χ1) is 7.05. The van der Waals surface area contributed by atoms with E-state index in [2.05, 4.69) is 0 Å². The van der Waals surface area contributed by atoms with Crippen molar-refractivity contribution in [1.29, 1.82) is 0 Å². The van der Waals surface area contributed by atoms with Crippen molar-refractivity contribution in [3.05, 3.63) is 0 Å². The van der Waals surface area contributed by atoms with Crippen LogP contribution >= 0.6 is 0 Å². The van der Waals surface area contributed by atoms with E-state index in [9.17, 15) is 4.79 Å². The number of rotatable bonds is 5. The first-order valence-corrected chi connectivity index (χ1v) is 5.60. The number of hydrogen-bond donors (Lipinski definition) is 1. The Hall–Kier alpha value is -0.610. The van der Waals surface area contributed by atoms with Crippen LogP contribution in [-0.4, -0.2) is 43.2 Å². The highest BCUT2D eigenvalue weighted by Crippen LogP contribution is 2.30. The number of amides is 1. The number of carbonyl (C=O) groups is 1. The summed E-state index contributed by atoms with van der Waals surface area (Å²) in [6, 6.07) is 0.0547. The summed E-state index contributed by atoms with van der Waals surface area (Å²) in [6.45, 7) is 10.0. The van der Waals surface area contributed by atoms with E-state index in [-0.39, 0.29) is 11.9 Å². The lowest BCUT2D eigenvalue weighted by Gasteiger charge is -2.41. The van der Waals surface area contributed by atoms with Gasteiger partial charge >= 0.3 is 0 Å². The lowest BCUT2D eigenvalue weighted by atomic mass is 9.74. The molecule has 96 valence electrons. The quantitative estimate of drug-likeness (QED) is 0.773. The summed E-state index contributed by atoms with van der Waals surface area (Å²) in [5.74, 6) is 0.0459. The molecule has 0 rings (SSSR count). The molecule has 16 heavy (non-hydrogen) atoms. The van der Waals surface area contributed by atoms with Crippen LogP contribution < -0.4 is 5.73 Å². The minimum Gasteiger partial charge on any atom is -0.383 e. The molecule has 1 atom stereocenters. The van der Waals surface area contributed by atoms with Gasteiger partial charge in [-0.25, -0.2) is 0 Å². The zero-order valence-corrected chi connectivity index (χ0v) is 11.6. The van der Waals surface area contributed by atoms with Crippen molar-refractivity contribution in [3.63, 3.8) is 0 Å². The van der Waals surface area contributed by atoms with Crippen molar-refractivity contribution in [2.24, 2.45) is 11.1 Å². The van der Waals surface area contributed by atoms with Gasteiger partial charge in [0.2, 0.25) is 5.91 Å². The van der Waals surface area contributed by atoms with E-state index >= 15 is 0 Å². The number of hydrogen-bond acceptors (Lipinski definition) is 3. The number of likely N-dealkylation sites (N-methyl/N-ethyl adjacent to an activating group) is 1. The molecule has 0 aromatic rings. The van der Waals surface area contributed by atoms with Gasteiger partial charge in [0, 0.05) is 19.7 Å². The molecule has 0 radical (unpaired) electrons. The lowest BCUT2D eigenvalue weighted by Crippen LogP contribution is -2.57. The molecule has 0 aliphatic heterocycles. The maximum atomic E-state index is 12.3. The fourth-order valence-electron chi connectivity index (χ4n) is 1.27. The van der Waals surface area contributed by atoms with Crippen LogP contribution in [0, 0.1) is 5.41 Å². The third-order valence-corrected chi connectivity index (χ3v) is 3.53. The number of nitrogens with two attached hydrogens (primary N) is 1. The fraction of sp³-hybridized carbons (Fsp3) is 0.917. The van der Waals surface area contributed by atoms with Crippen LogP contribution in [0.3, 0.4) is 0 Å². The van der Waals surface area contributed by atoms with Crippen molar-refractivity contribution in [3.8, 4) is 0 Å². The van der Waals surface area contributed by atoms with Crippen LogP contribution in [0.2, 0.25) is 0 Å². The predicted molar refractivity (Wildman–Crippen MR) is 66.2 cm³/mol. The van der Waals surface area contributed by atoms with E-state index in [0.717, 1.165) is 0 Å². The van der Waals surface area contributed by atoms with E-state index < -0.39 is 11.0 Å². The van der Waals surface area contributed by atoms with Crippen LogP contribution in [0.25, 0.3) is 0 Å². The van der Waals surface area contributed by atoms with Gasteiger partial charge < -0.3 is 15.4 Å². The van der Waals surface area contributed by atoms with Gasteiger partial charge in [-0.05, 0) is 34.6 Å². The highest BCUT2D eigenvalue weighted by molar-refractivity contribution is 5.83. The smallest absolute Gasteiger partial charge is 0.230 e. The molecule has 0 saturated carbocycles. The van der Waals surface area contributed by atoms with E-state index in [1.54, 1.807) is 19.1 Å². The molecule has 4 heteroatoms. The average molecular weight is 230 g/mol. The molecule has 0 aliphatic carbocycles. The van der Waals surface area contributed by atoms with Crippen molar-refractivity contribution in [2.75, 3.05) is 20.8 Å². The Balaban J connectivity index is 4.80. The normalized spacial score (nSPS) is 14.8. The summed E-state index contributed by atoms with van der Waals surface area (Å²) in [4.78, 5) is 14.0. The molecule has 0 bridgehead atoms. The van der Waals surface area contributed by atoms with Gasteiger partial charge in [-0.3, -0.25) is 4.79 Å². The Morgan fingerprint density at radius 2 is 1.81 bits per heavy atom. The summed E-state index contributed by atoms with van der Waals surface area (Å²) in [6.07, 6.45) is 0. The number of methoxy groups -OCH3 is 1. The minimum atomic E-state index is -0.594. The fourth-order valence-corrected chi connectivity index (χ4v) is 1.27. The van der Waals surface area contributed by atoms with E-state index in [1.807, 2.05) is 34.6 Å². The zero-order chi connectivity index (χ0) is 13.1. The SMILES string of the molecule is COCC(C)N(C)C(=O)C(C)(C)C(C)(C)N. The lowest BCUT2D eigenvalue weighted by molar-refractivity contribution is -0.144. The molecular formula is C12H26N2O2. The third kappa shape index (κ3) is 3.19. The van der Waals surface area contributed by atoms with Gasteiger partial charge in [-0.2, -0.15) is 0 Å². The second kappa shape index (κ2) is 5.15. The van der Waals surface area contributed by atoms with Crippen LogP contribution in [0.1, 0.15) is 34.6 Å². The summed E-state index contributed by atoms with van der Waals surface area (Å²) in [5, 5.41) is 0. The molecule has 4 nitrogen and oxygen atoms in total. The molecule has 1 unspecified atom stereocenters. The Labute approximate surface area is 99.1 Å². The van der Waals surface area contributed by atoms with E-state index in [1.165, 1.54) is 0 Å². The molecule has 0 heterocycles. The van der Waals surface area contributed by atoms with Crippen molar-refractivity contribution < 1.29 is 9.53 Å². The Morgan fingerprint density at radius 3 is 2.12 bits per heavy atom. The van der Waals surface area contributed by atoms with Crippen LogP contribution in [0.15, 0.2) is 0 Å². The van der Waals surface area contributed by atoms with Gasteiger partial charge in [0.25, 0.3) is 0 Å². The van der Waals surface area contributed by atoms with E-state index in [0.29, 0.717) is 6.61 Å². The van der Waals surface area contributed by atoms with Crippen molar-refractivity contribution in [2.45, 2.75) is 46.2 Å². The maximum Gasteiger partial charge on any atom is 0.230 e. The Morgan fingerprint density at radius 1 is 1.38 bits per heavy atom. The van der Waals surface area contributed by atoms with Gasteiger partial charge in [0.05, 0.1) is 18.1 Å². The summed E-state index contributed by atoms with van der Waals surface area (Å²) < 4.78 is 5.05. The second-order valence-electron chi connectivity index (χ2n) is 5.57. The predicted octanol–water partition coefficient (Wildman–Crippen LogP) is 1.24. The summed E-state index contributed by atoms with van der Waals surface area (Å²) in [7, 11) is 3.42. The maximum absolute atomic E-state index is 12.3. The van der Waals surface area contributed by atoms with E-state index in [4.69, 9.17) is 10.5 Å². The largest absolute Gasteiger partial charge is 0.383 e. The van der Waals surface area contributed by atoms with Crippen molar-refractivity contribution >= 4 is 5.91 Å². The first kappa shape index (κ1) is 15.4. The summed E-state index contributed by atoms with van der Waals surface area (Å²) >= 11 is 0. The van der Waals surface area contributed by atoms with Crippen LogP contribution in [0.5, 0.6) is 0 Å². The molecule has 0 aromatic heterocycles. The van der Waals surface area contributed by atoms with Gasteiger partial charge in [-0.1, -0.05) is 0 Å². The number of ether oxygens (including phenoxy) is 1. The highest BCUT2D eigenvalue weighted by atomic mass is 16.5. The average Bonchev–Trinajstić information content (AvgIpc) is 2.14. The zero-order valence-electron chi connectivity index (χ0n) is 11.6. The van der Waals surface area contributed by atoms with Crippen molar-refractivity contribution in [1.82, 2.24) is 4.90 Å². The van der Waals surface area contributed by atoms with Crippen LogP contribution in [-0.2, 0) is 9.53 Å². The second-order valence-corrected chi connectivity index (χ2v) is 5.57. The van der Waals surface area contributed by atoms with Crippen LogP contribution in [0.4, 0.5) is 0 Å². The first-order valence-electron chi connectivity index (χ1n) is 5.60. The number of nitrogens with zero attached hydrogens (tertiary/aromatic N) is 1. The minimum absolute atomic E-state index is 0.0459. The molecule has 0 aromatic carbocycles. The third-order valence-electron chi connectivity index (χ3n) is 3.53. The molecular weight excluding hydrogens is 204 g/mol. The van der Waals surface area contributed by atoms with Gasteiger partial charge in [0.15, 0.2) is 0 Å². The molecule has 0 spiro atoms. The Kier molecular flexibility index (Phi) is 4.95. The molecule has 2 N–H and O–H groups in total. The van der Waals surface area contributed by atoms with Gasteiger partial charge in [-0.15, -0.1) is 0 Å². The topological polar surface area (TPSA) is 55.6 Å². The summed E-state index contributed by atoms with van der Waals surface area (Å²) in [5.41, 5.74) is 4.90.